The van der Waals surface area contributed by atoms with Crippen LogP contribution < -0.4 is 4.74 Å². The fraction of sp³-hybridized carbons (Fsp3) is 0.333. The summed E-state index contributed by atoms with van der Waals surface area (Å²) in [4.78, 5) is 8.43. The van der Waals surface area contributed by atoms with E-state index in [0.717, 1.165) is 17.2 Å². The molecule has 0 aliphatic rings. The average Bonchev–Trinajstić information content (AvgIpc) is 2.48. The molecule has 2 aromatic heterocycles. The van der Waals surface area contributed by atoms with Gasteiger partial charge in [-0.25, -0.2) is 4.98 Å². The van der Waals surface area contributed by atoms with Crippen LogP contribution in [-0.2, 0) is 0 Å². The van der Waals surface area contributed by atoms with Gasteiger partial charge < -0.3 is 4.74 Å². The van der Waals surface area contributed by atoms with Gasteiger partial charge in [-0.1, -0.05) is 0 Å². The van der Waals surface area contributed by atoms with Crippen LogP contribution in [0.5, 0.6) is 5.88 Å². The molecule has 0 bridgehead atoms. The molecule has 4 heteroatoms. The van der Waals surface area contributed by atoms with Crippen molar-refractivity contribution in [3.8, 4) is 5.88 Å². The van der Waals surface area contributed by atoms with Gasteiger partial charge in [-0.3, -0.25) is 4.40 Å². The maximum Gasteiger partial charge on any atom is 0.216 e. The van der Waals surface area contributed by atoms with E-state index < -0.39 is 0 Å². The Morgan fingerprint density at radius 2 is 2.15 bits per heavy atom. The van der Waals surface area contributed by atoms with Crippen LogP contribution in [0.4, 0.5) is 0 Å². The van der Waals surface area contributed by atoms with Gasteiger partial charge in [0.05, 0.1) is 13.3 Å². The quantitative estimate of drug-likeness (QED) is 0.660. The maximum absolute atomic E-state index is 5.06. The summed E-state index contributed by atoms with van der Waals surface area (Å²) in [5, 5.41) is 0. The number of hydrogen-bond acceptors (Lipinski definition) is 3. The van der Waals surface area contributed by atoms with E-state index in [4.69, 9.17) is 4.74 Å². The van der Waals surface area contributed by atoms with Crippen molar-refractivity contribution in [1.82, 2.24) is 14.4 Å². The van der Waals surface area contributed by atoms with Crippen molar-refractivity contribution >= 4 is 5.65 Å². The second kappa shape index (κ2) is 2.73. The minimum absolute atomic E-state index is 0.630. The van der Waals surface area contributed by atoms with Crippen molar-refractivity contribution in [1.29, 1.82) is 0 Å². The zero-order valence-electron chi connectivity index (χ0n) is 7.90. The van der Waals surface area contributed by atoms with E-state index in [1.807, 2.05) is 24.3 Å². The number of imidazole rings is 1. The molecule has 0 aromatic carbocycles. The minimum atomic E-state index is 0.630. The molecule has 2 rings (SSSR count). The lowest BCUT2D eigenvalue weighted by atomic mass is 10.4. The zero-order chi connectivity index (χ0) is 9.42. The summed E-state index contributed by atoms with van der Waals surface area (Å²) in [5.41, 5.74) is 1.91. The summed E-state index contributed by atoms with van der Waals surface area (Å²) in [6, 6.07) is 1.89. The van der Waals surface area contributed by atoms with Crippen LogP contribution in [0.3, 0.4) is 0 Å². The molecule has 0 radical (unpaired) electrons. The Kier molecular flexibility index (Phi) is 1.69. The van der Waals surface area contributed by atoms with Gasteiger partial charge in [-0.2, -0.15) is 4.98 Å². The summed E-state index contributed by atoms with van der Waals surface area (Å²) in [6.45, 7) is 3.96. The molecule has 13 heavy (non-hydrogen) atoms. The first-order valence-electron chi connectivity index (χ1n) is 4.08. The summed E-state index contributed by atoms with van der Waals surface area (Å²) in [6.07, 6.45) is 1.74. The lowest BCUT2D eigenvalue weighted by Gasteiger charge is -2.04. The molecule has 0 amide bonds. The second-order valence-corrected chi connectivity index (χ2v) is 2.94. The second-order valence-electron chi connectivity index (χ2n) is 2.94. The standard InChI is InChI=1S/C9H11N3O/c1-6-4-9(13-3)11-8-5-10-7(2)12(6)8/h4-5H,1-3H3. The van der Waals surface area contributed by atoms with E-state index >= 15 is 0 Å². The highest BCUT2D eigenvalue weighted by atomic mass is 16.5. The van der Waals surface area contributed by atoms with Gasteiger partial charge in [0, 0.05) is 11.8 Å². The predicted molar refractivity (Wildman–Crippen MR) is 49.0 cm³/mol. The van der Waals surface area contributed by atoms with Crippen LogP contribution in [0, 0.1) is 13.8 Å². The van der Waals surface area contributed by atoms with Crippen LogP contribution in [0.1, 0.15) is 11.5 Å². The molecule has 0 fully saturated rings. The molecular formula is C9H11N3O. The number of fused-ring (bicyclic) bond motifs is 1. The number of aryl methyl sites for hydroxylation is 2. The third-order valence-electron chi connectivity index (χ3n) is 2.04. The summed E-state index contributed by atoms with van der Waals surface area (Å²) >= 11 is 0. The molecule has 0 unspecified atom stereocenters. The lowest BCUT2D eigenvalue weighted by molar-refractivity contribution is 0.397. The summed E-state index contributed by atoms with van der Waals surface area (Å²) in [7, 11) is 1.61. The molecule has 68 valence electrons. The molecule has 0 atom stereocenters. The minimum Gasteiger partial charge on any atom is -0.481 e. The highest BCUT2D eigenvalue weighted by molar-refractivity contribution is 5.41. The van der Waals surface area contributed by atoms with Gasteiger partial charge in [0.15, 0.2) is 5.65 Å². The van der Waals surface area contributed by atoms with Crippen LogP contribution in [0.2, 0.25) is 0 Å². The van der Waals surface area contributed by atoms with Gasteiger partial charge in [0.1, 0.15) is 5.82 Å². The van der Waals surface area contributed by atoms with Crippen molar-refractivity contribution in [3.63, 3.8) is 0 Å². The van der Waals surface area contributed by atoms with Crippen LogP contribution in [0.15, 0.2) is 12.3 Å². The van der Waals surface area contributed by atoms with Gasteiger partial charge in [0.25, 0.3) is 0 Å². The van der Waals surface area contributed by atoms with Crippen molar-refractivity contribution in [2.45, 2.75) is 13.8 Å². The van der Waals surface area contributed by atoms with Crippen molar-refractivity contribution in [2.24, 2.45) is 0 Å². The summed E-state index contributed by atoms with van der Waals surface area (Å²) in [5.74, 6) is 1.58. The monoisotopic (exact) mass is 177 g/mol. The van der Waals surface area contributed by atoms with E-state index in [2.05, 4.69) is 9.97 Å². The maximum atomic E-state index is 5.06. The van der Waals surface area contributed by atoms with Crippen molar-refractivity contribution in [2.75, 3.05) is 7.11 Å². The van der Waals surface area contributed by atoms with Gasteiger partial charge >= 0.3 is 0 Å². The topological polar surface area (TPSA) is 39.4 Å². The molecule has 0 N–H and O–H groups in total. The van der Waals surface area contributed by atoms with E-state index in [-0.39, 0.29) is 0 Å². The number of hydrogen-bond donors (Lipinski definition) is 0. The third-order valence-corrected chi connectivity index (χ3v) is 2.04. The van der Waals surface area contributed by atoms with Crippen molar-refractivity contribution in [3.05, 3.63) is 23.8 Å². The van der Waals surface area contributed by atoms with E-state index in [1.54, 1.807) is 13.3 Å². The molecule has 0 aliphatic carbocycles. The number of nitrogens with zero attached hydrogens (tertiary/aromatic N) is 3. The average molecular weight is 177 g/mol. The van der Waals surface area contributed by atoms with Crippen LogP contribution >= 0.6 is 0 Å². The Morgan fingerprint density at radius 3 is 2.85 bits per heavy atom. The normalized spacial score (nSPS) is 10.7. The van der Waals surface area contributed by atoms with Crippen molar-refractivity contribution < 1.29 is 4.74 Å². The van der Waals surface area contributed by atoms with Gasteiger partial charge in [0.2, 0.25) is 5.88 Å². The van der Waals surface area contributed by atoms with E-state index in [9.17, 15) is 0 Å². The molecular weight excluding hydrogens is 166 g/mol. The first-order chi connectivity index (χ1) is 6.22. The zero-order valence-corrected chi connectivity index (χ0v) is 7.90. The number of rotatable bonds is 1. The number of ether oxygens (including phenoxy) is 1. The lowest BCUT2D eigenvalue weighted by Crippen LogP contribution is -1.98. The Morgan fingerprint density at radius 1 is 1.38 bits per heavy atom. The number of methoxy groups -OCH3 is 1. The number of aromatic nitrogens is 3. The molecule has 4 nitrogen and oxygen atoms in total. The molecule has 2 heterocycles. The van der Waals surface area contributed by atoms with Gasteiger partial charge in [-0.15, -0.1) is 0 Å². The van der Waals surface area contributed by atoms with Crippen LogP contribution in [-0.4, -0.2) is 21.5 Å². The molecule has 0 spiro atoms. The largest absolute Gasteiger partial charge is 0.481 e. The Labute approximate surface area is 76.2 Å². The fourth-order valence-electron chi connectivity index (χ4n) is 1.44. The molecule has 2 aromatic rings. The summed E-state index contributed by atoms with van der Waals surface area (Å²) < 4.78 is 7.05. The predicted octanol–water partition coefficient (Wildman–Crippen LogP) is 1.35. The highest BCUT2D eigenvalue weighted by Crippen LogP contribution is 2.14. The third kappa shape index (κ3) is 1.14. The Hall–Kier alpha value is -1.58. The molecule has 0 saturated carbocycles. The molecule has 0 saturated heterocycles. The van der Waals surface area contributed by atoms with E-state index in [1.165, 1.54) is 0 Å². The fourth-order valence-corrected chi connectivity index (χ4v) is 1.44. The smallest absolute Gasteiger partial charge is 0.216 e. The first kappa shape index (κ1) is 8.04. The highest BCUT2D eigenvalue weighted by Gasteiger charge is 2.04. The molecule has 0 aliphatic heterocycles. The van der Waals surface area contributed by atoms with Gasteiger partial charge in [-0.05, 0) is 13.8 Å². The Balaban J connectivity index is 2.79. The SMILES string of the molecule is COc1cc(C)n2c(C)ncc2n1. The van der Waals surface area contributed by atoms with E-state index in [0.29, 0.717) is 5.88 Å². The Bertz CT molecular complexity index is 447. The van der Waals surface area contributed by atoms with Crippen LogP contribution in [0.25, 0.3) is 5.65 Å². The first-order valence-corrected chi connectivity index (χ1v) is 4.08.